The number of nitrogens with two attached hydrogens (primary N) is 1. The number of anilines is 2. The van der Waals surface area contributed by atoms with Crippen molar-refractivity contribution in [2.24, 2.45) is 0 Å². The van der Waals surface area contributed by atoms with Crippen LogP contribution in [0.1, 0.15) is 16.1 Å². The maximum Gasteiger partial charge on any atom is 0.254 e. The number of halogens is 1. The van der Waals surface area contributed by atoms with Crippen LogP contribution in [-0.2, 0) is 0 Å². The van der Waals surface area contributed by atoms with Crippen molar-refractivity contribution in [3.8, 4) is 10.6 Å². The maximum atomic E-state index is 14.1. The molecule has 0 saturated carbocycles. The van der Waals surface area contributed by atoms with E-state index >= 15 is 0 Å². The first-order valence-corrected chi connectivity index (χ1v) is 9.73. The molecule has 1 amide bonds. The third kappa shape index (κ3) is 3.79. The monoisotopic (exact) mass is 398 g/mol. The second-order valence-electron chi connectivity index (χ2n) is 6.57. The largest absolute Gasteiger partial charge is 0.368 e. The molecular weight excluding hydrogens is 379 g/mol. The molecule has 2 N–H and O–H groups in total. The van der Waals surface area contributed by atoms with Crippen LogP contribution in [-0.4, -0.2) is 51.9 Å². The van der Waals surface area contributed by atoms with Gasteiger partial charge in [-0.2, -0.15) is 4.98 Å². The molecular formula is C19H19FN6OS. The second kappa shape index (κ2) is 7.51. The molecule has 144 valence electrons. The Bertz CT molecular complexity index is 981. The van der Waals surface area contributed by atoms with Crippen LogP contribution in [0, 0.1) is 12.7 Å². The van der Waals surface area contributed by atoms with Crippen LogP contribution in [0.2, 0.25) is 0 Å². The van der Waals surface area contributed by atoms with Crippen LogP contribution < -0.4 is 10.6 Å². The standard InChI is InChI=1S/C19H19FN6OS/c1-12-8-16(24-19(21)23-12)25-3-5-26(6-4-25)18(27)14-9-13(10-15(20)11-14)17-22-2-7-28-17/h2,7-11H,3-6H2,1H3,(H2,21,23,24). The summed E-state index contributed by atoms with van der Waals surface area (Å²) in [6.45, 7) is 4.15. The molecule has 0 spiro atoms. The van der Waals surface area contributed by atoms with Gasteiger partial charge in [0.2, 0.25) is 5.95 Å². The summed E-state index contributed by atoms with van der Waals surface area (Å²) < 4.78 is 14.1. The lowest BCUT2D eigenvalue weighted by Gasteiger charge is -2.35. The molecule has 7 nitrogen and oxygen atoms in total. The van der Waals surface area contributed by atoms with E-state index in [4.69, 9.17) is 5.73 Å². The smallest absolute Gasteiger partial charge is 0.254 e. The van der Waals surface area contributed by atoms with E-state index in [1.54, 1.807) is 17.2 Å². The first-order chi connectivity index (χ1) is 13.5. The third-order valence-corrected chi connectivity index (χ3v) is 5.40. The second-order valence-corrected chi connectivity index (χ2v) is 7.47. The number of rotatable bonds is 3. The van der Waals surface area contributed by atoms with Gasteiger partial charge in [0.25, 0.3) is 5.91 Å². The molecule has 1 saturated heterocycles. The van der Waals surface area contributed by atoms with Crippen LogP contribution in [0.15, 0.2) is 35.8 Å². The number of aryl methyl sites for hydroxylation is 1. The molecule has 2 aromatic heterocycles. The highest BCUT2D eigenvalue weighted by molar-refractivity contribution is 7.13. The first-order valence-electron chi connectivity index (χ1n) is 8.85. The van der Waals surface area contributed by atoms with Crippen LogP contribution in [0.5, 0.6) is 0 Å². The van der Waals surface area contributed by atoms with Crippen molar-refractivity contribution in [3.05, 3.63) is 52.9 Å². The Kier molecular flexibility index (Phi) is 4.91. The number of amides is 1. The lowest BCUT2D eigenvalue weighted by Crippen LogP contribution is -2.49. The number of nitrogens with zero attached hydrogens (tertiary/aromatic N) is 5. The molecule has 3 heterocycles. The van der Waals surface area contributed by atoms with Gasteiger partial charge in [-0.3, -0.25) is 4.79 Å². The van der Waals surface area contributed by atoms with E-state index < -0.39 is 5.82 Å². The van der Waals surface area contributed by atoms with Crippen molar-refractivity contribution in [3.63, 3.8) is 0 Å². The zero-order valence-electron chi connectivity index (χ0n) is 15.3. The van der Waals surface area contributed by atoms with Gasteiger partial charge in [0.15, 0.2) is 0 Å². The summed E-state index contributed by atoms with van der Waals surface area (Å²) >= 11 is 1.41. The van der Waals surface area contributed by atoms with Gasteiger partial charge in [0.05, 0.1) is 0 Å². The number of carbonyl (C=O) groups excluding carboxylic acids is 1. The predicted octanol–water partition coefficient (Wildman–Crippen LogP) is 2.59. The quantitative estimate of drug-likeness (QED) is 0.730. The summed E-state index contributed by atoms with van der Waals surface area (Å²) in [5.74, 6) is 0.369. The maximum absolute atomic E-state index is 14.1. The number of carbonyl (C=O) groups is 1. The van der Waals surface area contributed by atoms with Crippen molar-refractivity contribution in [2.45, 2.75) is 6.92 Å². The van der Waals surface area contributed by atoms with E-state index in [1.807, 2.05) is 18.4 Å². The van der Waals surface area contributed by atoms with E-state index in [-0.39, 0.29) is 11.9 Å². The molecule has 1 fully saturated rings. The van der Waals surface area contributed by atoms with Gasteiger partial charge in [-0.15, -0.1) is 11.3 Å². The van der Waals surface area contributed by atoms with Gasteiger partial charge in [0.1, 0.15) is 16.6 Å². The SMILES string of the molecule is Cc1cc(N2CCN(C(=O)c3cc(F)cc(-c4nccs4)c3)CC2)nc(N)n1. The zero-order valence-corrected chi connectivity index (χ0v) is 16.1. The predicted molar refractivity (Wildman–Crippen MR) is 107 cm³/mol. The average molecular weight is 398 g/mol. The number of hydrogen-bond donors (Lipinski definition) is 1. The van der Waals surface area contributed by atoms with E-state index in [2.05, 4.69) is 19.9 Å². The molecule has 28 heavy (non-hydrogen) atoms. The van der Waals surface area contributed by atoms with E-state index in [9.17, 15) is 9.18 Å². The molecule has 4 rings (SSSR count). The fraction of sp³-hybridized carbons (Fsp3) is 0.263. The van der Waals surface area contributed by atoms with Crippen LogP contribution in [0.25, 0.3) is 10.6 Å². The normalized spacial score (nSPS) is 14.4. The van der Waals surface area contributed by atoms with Gasteiger partial charge < -0.3 is 15.5 Å². The van der Waals surface area contributed by atoms with E-state index in [0.29, 0.717) is 42.3 Å². The fourth-order valence-electron chi connectivity index (χ4n) is 3.26. The summed E-state index contributed by atoms with van der Waals surface area (Å²) in [6.07, 6.45) is 1.66. The van der Waals surface area contributed by atoms with Gasteiger partial charge in [0, 0.05) is 60.6 Å². The summed E-state index contributed by atoms with van der Waals surface area (Å²) in [7, 11) is 0. The van der Waals surface area contributed by atoms with Gasteiger partial charge in [-0.05, 0) is 25.1 Å². The molecule has 9 heteroatoms. The van der Waals surface area contributed by atoms with E-state index in [0.717, 1.165) is 11.5 Å². The molecule has 1 aliphatic heterocycles. The number of hydrogen-bond acceptors (Lipinski definition) is 7. The Morgan fingerprint density at radius 3 is 2.61 bits per heavy atom. The number of nitrogen functional groups attached to an aromatic ring is 1. The van der Waals surface area contributed by atoms with Crippen molar-refractivity contribution >= 4 is 29.0 Å². The minimum atomic E-state index is -0.443. The zero-order chi connectivity index (χ0) is 19.7. The highest BCUT2D eigenvalue weighted by Crippen LogP contribution is 2.25. The molecule has 3 aromatic rings. The van der Waals surface area contributed by atoms with Crippen LogP contribution in [0.4, 0.5) is 16.2 Å². The van der Waals surface area contributed by atoms with Crippen LogP contribution >= 0.6 is 11.3 Å². The van der Waals surface area contributed by atoms with Crippen molar-refractivity contribution in [2.75, 3.05) is 36.8 Å². The Morgan fingerprint density at radius 1 is 1.14 bits per heavy atom. The first kappa shape index (κ1) is 18.3. The minimum absolute atomic E-state index is 0.185. The topological polar surface area (TPSA) is 88.2 Å². The molecule has 1 aromatic carbocycles. The molecule has 0 unspecified atom stereocenters. The van der Waals surface area contributed by atoms with Crippen molar-refractivity contribution in [1.82, 2.24) is 19.9 Å². The summed E-state index contributed by atoms with van der Waals surface area (Å²) in [5.41, 5.74) is 7.48. The molecule has 0 radical (unpaired) electrons. The Hall–Kier alpha value is -3.07. The summed E-state index contributed by atoms with van der Waals surface area (Å²) in [5, 5.41) is 2.51. The highest BCUT2D eigenvalue weighted by atomic mass is 32.1. The Labute approximate surface area is 165 Å². The molecule has 0 aliphatic carbocycles. The number of piperazine rings is 1. The molecule has 0 bridgehead atoms. The van der Waals surface area contributed by atoms with Crippen LogP contribution in [0.3, 0.4) is 0 Å². The van der Waals surface area contributed by atoms with Gasteiger partial charge in [-0.25, -0.2) is 14.4 Å². The summed E-state index contributed by atoms with van der Waals surface area (Å²) in [6, 6.07) is 6.25. The van der Waals surface area contributed by atoms with Crippen molar-refractivity contribution < 1.29 is 9.18 Å². The Morgan fingerprint density at radius 2 is 1.93 bits per heavy atom. The van der Waals surface area contributed by atoms with E-state index in [1.165, 1.54) is 23.5 Å². The van der Waals surface area contributed by atoms with Crippen molar-refractivity contribution in [1.29, 1.82) is 0 Å². The lowest BCUT2D eigenvalue weighted by atomic mass is 10.1. The number of aromatic nitrogens is 3. The average Bonchev–Trinajstić information content (AvgIpc) is 3.21. The minimum Gasteiger partial charge on any atom is -0.368 e. The Balaban J connectivity index is 1.48. The lowest BCUT2D eigenvalue weighted by molar-refractivity contribution is 0.0746. The third-order valence-electron chi connectivity index (χ3n) is 4.57. The summed E-state index contributed by atoms with van der Waals surface area (Å²) in [4.78, 5) is 29.3. The molecule has 0 atom stereocenters. The molecule has 1 aliphatic rings. The fourth-order valence-corrected chi connectivity index (χ4v) is 3.89. The highest BCUT2D eigenvalue weighted by Gasteiger charge is 2.24. The van der Waals surface area contributed by atoms with Gasteiger partial charge in [-0.1, -0.05) is 0 Å². The number of benzene rings is 1. The number of thiazole rings is 1. The van der Waals surface area contributed by atoms with Gasteiger partial charge >= 0.3 is 0 Å².